The molecule has 0 aliphatic rings. The van der Waals surface area contributed by atoms with Crippen molar-refractivity contribution in [2.75, 3.05) is 5.32 Å². The predicted molar refractivity (Wildman–Crippen MR) is 112 cm³/mol. The van der Waals surface area contributed by atoms with E-state index in [1.807, 2.05) is 18.4 Å². The van der Waals surface area contributed by atoms with Crippen molar-refractivity contribution in [2.45, 2.75) is 26.8 Å². The number of aromatic nitrogens is 4. The lowest BCUT2D eigenvalue weighted by molar-refractivity contribution is 0.254. The molecule has 0 aliphatic carbocycles. The molecule has 154 valence electrons. The molecule has 0 spiro atoms. The van der Waals surface area contributed by atoms with Crippen LogP contribution in [-0.4, -0.2) is 40.9 Å². The number of urea groups is 1. The van der Waals surface area contributed by atoms with E-state index in [1.54, 1.807) is 24.5 Å². The highest BCUT2D eigenvalue weighted by Gasteiger charge is 2.14. The first-order chi connectivity index (χ1) is 13.7. The van der Waals surface area contributed by atoms with Crippen molar-refractivity contribution in [2.24, 2.45) is 4.99 Å². The number of aliphatic imine (C=N–C) groups is 1. The van der Waals surface area contributed by atoms with Crippen LogP contribution in [0.5, 0.6) is 0 Å². The minimum Gasteiger partial charge on any atom is -0.310 e. The van der Waals surface area contributed by atoms with Crippen molar-refractivity contribution >= 4 is 38.3 Å². The molecule has 0 bridgehead atoms. The molecular weight excluding hydrogens is 418 g/mol. The summed E-state index contributed by atoms with van der Waals surface area (Å²) >= 11 is 0. The number of halogens is 1. The fourth-order valence-corrected chi connectivity index (χ4v) is 3.18. The second kappa shape index (κ2) is 9.43. The molecule has 2 rings (SSSR count). The fourth-order valence-electron chi connectivity index (χ4n) is 2.25. The smallest absolute Gasteiger partial charge is 0.310 e. The van der Waals surface area contributed by atoms with Gasteiger partial charge in [0.05, 0.1) is 4.91 Å². The molecule has 0 unspecified atom stereocenters. The molecule has 2 heterocycles. The van der Waals surface area contributed by atoms with Gasteiger partial charge in [-0.15, -0.1) is 10.2 Å². The summed E-state index contributed by atoms with van der Waals surface area (Å²) in [5.41, 5.74) is 0.524. The number of allylic oxidation sites excluding steroid dienone is 2. The number of hydrogen-bond donors (Lipinski definition) is 2. The summed E-state index contributed by atoms with van der Waals surface area (Å²) in [5, 5.41) is 12.9. The van der Waals surface area contributed by atoms with Crippen LogP contribution in [0.15, 0.2) is 52.4 Å². The van der Waals surface area contributed by atoms with Gasteiger partial charge in [-0.1, -0.05) is 12.1 Å². The number of pyridine rings is 1. The second-order valence-corrected chi connectivity index (χ2v) is 8.53. The van der Waals surface area contributed by atoms with Crippen LogP contribution in [0.25, 0.3) is 11.5 Å². The summed E-state index contributed by atoms with van der Waals surface area (Å²) < 4.78 is 24.8. The molecule has 2 aromatic rings. The molecule has 10 nitrogen and oxygen atoms in total. The summed E-state index contributed by atoms with van der Waals surface area (Å²) in [7, 11) is 1.33. The number of anilines is 1. The largest absolute Gasteiger partial charge is 0.326 e. The third-order valence-electron chi connectivity index (χ3n) is 3.61. The van der Waals surface area contributed by atoms with Crippen LogP contribution in [0.1, 0.15) is 26.8 Å². The lowest BCUT2D eigenvalue weighted by Gasteiger charge is -2.11. The van der Waals surface area contributed by atoms with Gasteiger partial charge in [0.1, 0.15) is 23.7 Å². The van der Waals surface area contributed by atoms with Crippen LogP contribution >= 0.6 is 10.7 Å². The quantitative estimate of drug-likeness (QED) is 0.388. The molecule has 12 heteroatoms. The first kappa shape index (κ1) is 22.2. The third kappa shape index (κ3) is 5.96. The molecule has 0 aliphatic heterocycles. The van der Waals surface area contributed by atoms with Crippen LogP contribution in [0.3, 0.4) is 0 Å². The maximum Gasteiger partial charge on any atom is 0.326 e. The van der Waals surface area contributed by atoms with E-state index < -0.39 is 15.1 Å². The van der Waals surface area contributed by atoms with E-state index in [4.69, 9.17) is 10.7 Å². The Morgan fingerprint density at radius 1 is 1.38 bits per heavy atom. The van der Waals surface area contributed by atoms with Crippen molar-refractivity contribution in [1.29, 1.82) is 0 Å². The number of amides is 2. The predicted octanol–water partition coefficient (Wildman–Crippen LogP) is 3.06. The van der Waals surface area contributed by atoms with Gasteiger partial charge in [-0.3, -0.25) is 10.6 Å². The van der Waals surface area contributed by atoms with E-state index in [1.165, 1.54) is 13.0 Å². The van der Waals surface area contributed by atoms with Gasteiger partial charge >= 0.3 is 6.03 Å². The Morgan fingerprint density at radius 3 is 2.69 bits per heavy atom. The Bertz CT molecular complexity index is 1070. The third-order valence-corrected chi connectivity index (χ3v) is 5.06. The van der Waals surface area contributed by atoms with Gasteiger partial charge in [0.25, 0.3) is 9.05 Å². The number of carbonyl (C=O) groups is 1. The maximum absolute atomic E-state index is 12.2. The first-order valence-electron chi connectivity index (χ1n) is 8.40. The number of nitrogens with one attached hydrogen (secondary N) is 2. The molecular formula is C17H20ClN7O3S. The first-order valence-corrected chi connectivity index (χ1v) is 10.7. The molecule has 0 aromatic carbocycles. The Balaban J connectivity index is 2.19. The molecule has 0 fully saturated rings. The van der Waals surface area contributed by atoms with Crippen LogP contribution in [0, 0.1) is 0 Å². The van der Waals surface area contributed by atoms with Crippen molar-refractivity contribution in [1.82, 2.24) is 25.1 Å². The molecule has 2 amide bonds. The molecule has 0 saturated heterocycles. The topological polar surface area (TPSA) is 131 Å². The summed E-state index contributed by atoms with van der Waals surface area (Å²) in [6.45, 7) is 8.76. The Kier molecular flexibility index (Phi) is 7.23. The highest BCUT2D eigenvalue weighted by Crippen LogP contribution is 2.20. The van der Waals surface area contributed by atoms with Gasteiger partial charge in [0.2, 0.25) is 0 Å². The monoisotopic (exact) mass is 437 g/mol. The summed E-state index contributed by atoms with van der Waals surface area (Å²) in [6.07, 6.45) is 3.96. The van der Waals surface area contributed by atoms with Gasteiger partial charge in [-0.2, -0.15) is 0 Å². The molecule has 0 radical (unpaired) electrons. The molecule has 0 saturated carbocycles. The van der Waals surface area contributed by atoms with E-state index in [0.717, 1.165) is 6.08 Å². The summed E-state index contributed by atoms with van der Waals surface area (Å²) in [4.78, 5) is 20.0. The maximum atomic E-state index is 12.2. The van der Waals surface area contributed by atoms with E-state index in [-0.39, 0.29) is 22.6 Å². The van der Waals surface area contributed by atoms with Crippen LogP contribution < -0.4 is 10.6 Å². The number of nitrogens with zero attached hydrogens (tertiary/aromatic N) is 5. The Labute approximate surface area is 172 Å². The van der Waals surface area contributed by atoms with E-state index >= 15 is 0 Å². The number of rotatable bonds is 7. The van der Waals surface area contributed by atoms with Crippen molar-refractivity contribution in [3.8, 4) is 11.5 Å². The zero-order valence-electron chi connectivity index (χ0n) is 16.0. The molecule has 2 aromatic heterocycles. The lowest BCUT2D eigenvalue weighted by atomic mass is 10.3. The van der Waals surface area contributed by atoms with Gasteiger partial charge < -0.3 is 4.57 Å². The van der Waals surface area contributed by atoms with Crippen LogP contribution in [-0.2, 0) is 9.05 Å². The minimum absolute atomic E-state index is 0.101. The van der Waals surface area contributed by atoms with E-state index in [0.29, 0.717) is 11.5 Å². The second-order valence-electron chi connectivity index (χ2n) is 5.96. The minimum atomic E-state index is -3.99. The van der Waals surface area contributed by atoms with Gasteiger partial charge in [-0.05, 0) is 39.6 Å². The summed E-state index contributed by atoms with van der Waals surface area (Å²) in [6, 6.07) is 4.47. The van der Waals surface area contributed by atoms with Crippen molar-refractivity contribution in [3.63, 3.8) is 0 Å². The van der Waals surface area contributed by atoms with Crippen LogP contribution in [0.2, 0.25) is 0 Å². The Hall–Kier alpha value is -3.05. The highest BCUT2D eigenvalue weighted by atomic mass is 35.7. The van der Waals surface area contributed by atoms with Crippen molar-refractivity contribution < 1.29 is 13.2 Å². The van der Waals surface area contributed by atoms with Crippen molar-refractivity contribution in [3.05, 3.63) is 47.4 Å². The molecule has 0 atom stereocenters. The fraction of sp³-hybridized carbons (Fsp3) is 0.235. The number of carbonyl (C=O) groups excluding carboxylic acids is 1. The zero-order valence-corrected chi connectivity index (χ0v) is 17.6. The molecule has 2 N–H and O–H groups in total. The molecule has 29 heavy (non-hydrogen) atoms. The number of hydrogen-bond acceptors (Lipinski definition) is 7. The standard InChI is InChI=1S/C17H20ClN7O3S/c1-5-12(29(18,27)28)9-15(19-4)23-17(26)22-14-8-6-7-13(21-14)16-24-20-10-25(16)11(2)3/h5-11H,4H2,1-3H3,(H2,21,22,23,26)/b12-5+,15-9+. The average Bonchev–Trinajstić information content (AvgIpc) is 3.14. The zero-order chi connectivity index (χ0) is 21.6. The Morgan fingerprint density at radius 2 is 2.10 bits per heavy atom. The van der Waals surface area contributed by atoms with E-state index in [2.05, 4.69) is 37.5 Å². The SMILES string of the molecule is C=N/C(=C\C(=C/C)S(=O)(=O)Cl)NC(=O)Nc1cccc(-c2nncn2C(C)C)n1. The highest BCUT2D eigenvalue weighted by molar-refractivity contribution is 8.17. The normalized spacial score (nSPS) is 12.7. The van der Waals surface area contributed by atoms with Gasteiger partial charge in [0, 0.05) is 22.8 Å². The van der Waals surface area contributed by atoms with E-state index in [9.17, 15) is 13.2 Å². The lowest BCUT2D eigenvalue weighted by Crippen LogP contribution is -2.28. The van der Waals surface area contributed by atoms with Gasteiger partial charge in [-0.25, -0.2) is 23.2 Å². The summed E-state index contributed by atoms with van der Waals surface area (Å²) in [5.74, 6) is 0.705. The van der Waals surface area contributed by atoms with Crippen LogP contribution in [0.4, 0.5) is 10.6 Å². The van der Waals surface area contributed by atoms with Gasteiger partial charge in [0.15, 0.2) is 5.82 Å². The average molecular weight is 438 g/mol.